The van der Waals surface area contributed by atoms with Crippen molar-refractivity contribution in [3.05, 3.63) is 42.5 Å². The summed E-state index contributed by atoms with van der Waals surface area (Å²) in [5, 5.41) is 15.7. The third-order valence-electron chi connectivity index (χ3n) is 8.22. The highest BCUT2D eigenvalue weighted by molar-refractivity contribution is 5.88. The summed E-state index contributed by atoms with van der Waals surface area (Å²) in [4.78, 5) is 42.6. The molecule has 0 spiro atoms. The van der Waals surface area contributed by atoms with Crippen molar-refractivity contribution in [2.45, 2.75) is 117 Å². The molecule has 10 nitrogen and oxygen atoms in total. The lowest BCUT2D eigenvalue weighted by Gasteiger charge is -2.31. The Kier molecular flexibility index (Phi) is 15.3. The Morgan fingerprint density at radius 2 is 1.46 bits per heavy atom. The van der Waals surface area contributed by atoms with Crippen LogP contribution in [-0.2, 0) is 14.3 Å². The Morgan fingerprint density at radius 3 is 2.12 bits per heavy atom. The van der Waals surface area contributed by atoms with Crippen LogP contribution in [0.4, 0.5) is 9.59 Å². The lowest BCUT2D eigenvalue weighted by atomic mass is 9.96. The van der Waals surface area contributed by atoms with Crippen molar-refractivity contribution in [2.24, 2.45) is 5.92 Å². The second-order valence-electron chi connectivity index (χ2n) is 15.0. The fourth-order valence-electron chi connectivity index (χ4n) is 5.92. The van der Waals surface area contributed by atoms with Crippen LogP contribution in [0.1, 0.15) is 99.3 Å². The monoisotopic (exact) mass is 669 g/mol. The van der Waals surface area contributed by atoms with Gasteiger partial charge in [0.15, 0.2) is 0 Å². The summed E-state index contributed by atoms with van der Waals surface area (Å²) in [6, 6.07) is 13.6. The van der Waals surface area contributed by atoms with Crippen molar-refractivity contribution < 1.29 is 33.7 Å². The van der Waals surface area contributed by atoms with Crippen LogP contribution >= 0.6 is 0 Å². The number of amides is 3. The van der Waals surface area contributed by atoms with Crippen LogP contribution < -0.4 is 10.1 Å². The molecule has 0 unspecified atom stereocenters. The average Bonchev–Trinajstić information content (AvgIpc) is 3.13. The number of rotatable bonds is 13. The van der Waals surface area contributed by atoms with Crippen molar-refractivity contribution in [3.8, 4) is 5.75 Å². The van der Waals surface area contributed by atoms with Gasteiger partial charge in [-0.05, 0) is 71.8 Å². The van der Waals surface area contributed by atoms with E-state index in [2.05, 4.69) is 5.32 Å². The highest BCUT2D eigenvalue weighted by Gasteiger charge is 2.27. The first-order chi connectivity index (χ1) is 22.7. The van der Waals surface area contributed by atoms with Crippen molar-refractivity contribution in [1.29, 1.82) is 0 Å². The third-order valence-corrected chi connectivity index (χ3v) is 8.22. The molecule has 0 saturated heterocycles. The number of alkyl carbamates (subject to hydrolysis) is 1. The smallest absolute Gasteiger partial charge is 0.410 e. The van der Waals surface area contributed by atoms with E-state index >= 15 is 0 Å². The van der Waals surface area contributed by atoms with E-state index in [9.17, 15) is 19.5 Å². The van der Waals surface area contributed by atoms with Gasteiger partial charge in [0.05, 0.1) is 6.54 Å². The zero-order valence-corrected chi connectivity index (χ0v) is 30.1. The number of carbonyl (C=O) groups is 3. The molecule has 0 heterocycles. The molecule has 0 aliphatic heterocycles. The first kappa shape index (κ1) is 38.9. The van der Waals surface area contributed by atoms with E-state index in [1.165, 1.54) is 30.6 Å². The third kappa shape index (κ3) is 14.7. The molecule has 1 aliphatic rings. The Morgan fingerprint density at radius 1 is 0.833 bits per heavy atom. The number of aliphatic hydroxyl groups is 1. The quantitative estimate of drug-likeness (QED) is 0.230. The molecule has 3 amide bonds. The molecular weight excluding hydrogens is 610 g/mol. The van der Waals surface area contributed by atoms with Gasteiger partial charge in [-0.3, -0.25) is 4.79 Å². The zero-order valence-electron chi connectivity index (χ0n) is 30.1. The van der Waals surface area contributed by atoms with Gasteiger partial charge in [-0.25, -0.2) is 9.59 Å². The predicted octanol–water partition coefficient (Wildman–Crippen LogP) is 7.31. The molecule has 1 atom stereocenters. The summed E-state index contributed by atoms with van der Waals surface area (Å²) in [7, 11) is 0. The van der Waals surface area contributed by atoms with Crippen LogP contribution in [0, 0.1) is 5.92 Å². The van der Waals surface area contributed by atoms with Gasteiger partial charge in [0, 0.05) is 38.0 Å². The van der Waals surface area contributed by atoms with Gasteiger partial charge >= 0.3 is 12.2 Å². The van der Waals surface area contributed by atoms with E-state index < -0.39 is 29.5 Å². The Bertz CT molecular complexity index is 1290. The molecule has 1 saturated carbocycles. The fraction of sp³-hybridized carbons (Fsp3) is 0.658. The Hall–Kier alpha value is -3.53. The van der Waals surface area contributed by atoms with Crippen LogP contribution in [-0.4, -0.2) is 89.6 Å². The standard InChI is InChI=1S/C38H59N3O7/c1-37(2,3)47-35(44)39-23-25-40(26-29-16-11-9-7-8-10-12-17-29)34(43)22-24-41(36(45)48-38(4,5)6)27-31(42)28-46-33-21-15-19-30-18-13-14-20-32(30)33/h13-15,18-21,29,31,42H,7-12,16-17,22-28H2,1-6H3,(H,39,44)/t31-/m0/s1. The molecular formula is C38H59N3O7. The van der Waals surface area contributed by atoms with E-state index in [0.717, 1.165) is 36.5 Å². The Balaban J connectivity index is 1.67. The highest BCUT2D eigenvalue weighted by atomic mass is 16.6. The first-order valence-electron chi connectivity index (χ1n) is 17.7. The second-order valence-corrected chi connectivity index (χ2v) is 15.0. The summed E-state index contributed by atoms with van der Waals surface area (Å²) in [6.07, 6.45) is 7.28. The molecule has 1 aliphatic carbocycles. The minimum Gasteiger partial charge on any atom is -0.490 e. The second kappa shape index (κ2) is 18.9. The van der Waals surface area contributed by atoms with Gasteiger partial charge in [-0.2, -0.15) is 0 Å². The minimum atomic E-state index is -1.01. The molecule has 2 aromatic rings. The number of ether oxygens (including phenoxy) is 3. The summed E-state index contributed by atoms with van der Waals surface area (Å²) < 4.78 is 17.0. The lowest BCUT2D eigenvalue weighted by Crippen LogP contribution is -2.46. The van der Waals surface area contributed by atoms with E-state index in [1.54, 1.807) is 20.8 Å². The molecule has 48 heavy (non-hydrogen) atoms. The van der Waals surface area contributed by atoms with E-state index in [-0.39, 0.29) is 38.6 Å². The first-order valence-corrected chi connectivity index (χ1v) is 17.7. The summed E-state index contributed by atoms with van der Waals surface area (Å²) >= 11 is 0. The van der Waals surface area contributed by atoms with Crippen LogP contribution in [0.15, 0.2) is 42.5 Å². The largest absolute Gasteiger partial charge is 0.490 e. The number of carbonyl (C=O) groups excluding carboxylic acids is 3. The molecule has 1 fully saturated rings. The lowest BCUT2D eigenvalue weighted by molar-refractivity contribution is -0.132. The molecule has 0 radical (unpaired) electrons. The van der Waals surface area contributed by atoms with Crippen molar-refractivity contribution in [3.63, 3.8) is 0 Å². The molecule has 268 valence electrons. The number of hydrogen-bond donors (Lipinski definition) is 2. The minimum absolute atomic E-state index is 0.0363. The van der Waals surface area contributed by atoms with Crippen LogP contribution in [0.25, 0.3) is 10.8 Å². The van der Waals surface area contributed by atoms with E-state index in [4.69, 9.17) is 14.2 Å². The fourth-order valence-corrected chi connectivity index (χ4v) is 5.92. The molecule has 0 bridgehead atoms. The molecule has 0 aromatic heterocycles. The maximum atomic E-state index is 13.8. The summed E-state index contributed by atoms with van der Waals surface area (Å²) in [6.45, 7) is 11.9. The maximum absolute atomic E-state index is 13.8. The number of nitrogens with one attached hydrogen (secondary N) is 1. The van der Waals surface area contributed by atoms with E-state index in [0.29, 0.717) is 24.8 Å². The molecule has 3 rings (SSSR count). The van der Waals surface area contributed by atoms with Crippen molar-refractivity contribution in [2.75, 3.05) is 39.3 Å². The zero-order chi connectivity index (χ0) is 35.2. The number of nitrogens with zero attached hydrogens (tertiary/aromatic N) is 2. The molecule has 10 heteroatoms. The van der Waals surface area contributed by atoms with Gasteiger partial charge in [0.2, 0.25) is 5.91 Å². The normalized spacial score (nSPS) is 15.4. The van der Waals surface area contributed by atoms with Gasteiger partial charge < -0.3 is 34.4 Å². The predicted molar refractivity (Wildman–Crippen MR) is 189 cm³/mol. The topological polar surface area (TPSA) is 118 Å². The van der Waals surface area contributed by atoms with Crippen LogP contribution in [0.2, 0.25) is 0 Å². The molecule has 2 aromatic carbocycles. The van der Waals surface area contributed by atoms with Crippen LogP contribution in [0.5, 0.6) is 5.75 Å². The van der Waals surface area contributed by atoms with E-state index in [1.807, 2.05) is 68.1 Å². The van der Waals surface area contributed by atoms with Gasteiger partial charge in [-0.15, -0.1) is 0 Å². The maximum Gasteiger partial charge on any atom is 0.410 e. The summed E-state index contributed by atoms with van der Waals surface area (Å²) in [5.41, 5.74) is -1.37. The SMILES string of the molecule is CC(C)(C)OC(=O)NCCN(CC1CCCCCCCC1)C(=O)CCN(C[C@H](O)COc1cccc2ccccc12)C(=O)OC(C)(C)C. The van der Waals surface area contributed by atoms with Gasteiger partial charge in [-0.1, -0.05) is 74.9 Å². The summed E-state index contributed by atoms with van der Waals surface area (Å²) in [5.74, 6) is 0.909. The number of aliphatic hydroxyl groups excluding tert-OH is 1. The number of hydrogen-bond acceptors (Lipinski definition) is 7. The van der Waals surface area contributed by atoms with Gasteiger partial charge in [0.1, 0.15) is 29.7 Å². The number of benzene rings is 2. The van der Waals surface area contributed by atoms with Gasteiger partial charge in [0.25, 0.3) is 0 Å². The Labute approximate surface area is 287 Å². The van der Waals surface area contributed by atoms with Crippen LogP contribution in [0.3, 0.4) is 0 Å². The highest BCUT2D eigenvalue weighted by Crippen LogP contribution is 2.26. The van der Waals surface area contributed by atoms with Crippen molar-refractivity contribution in [1.82, 2.24) is 15.1 Å². The molecule has 2 N–H and O–H groups in total. The average molecular weight is 670 g/mol. The number of fused-ring (bicyclic) bond motifs is 1. The van der Waals surface area contributed by atoms with Crippen molar-refractivity contribution >= 4 is 28.9 Å².